The largest absolute Gasteiger partial charge is 0.381 e. The van der Waals surface area contributed by atoms with Crippen LogP contribution in [0.15, 0.2) is 18.3 Å². The molecule has 0 amide bonds. The lowest BCUT2D eigenvalue weighted by Crippen LogP contribution is -2.09. The standard InChI is InChI=1S/C13H20N2O2/c1-2-14-13-4-3-11(7-15-13)8-17-10-12-5-6-16-9-12/h3-4,7,12H,2,5-6,8-10H2,1H3,(H,14,15). The van der Waals surface area contributed by atoms with E-state index in [1.165, 1.54) is 0 Å². The molecule has 1 fully saturated rings. The maximum absolute atomic E-state index is 5.66. The summed E-state index contributed by atoms with van der Waals surface area (Å²) < 4.78 is 11.0. The van der Waals surface area contributed by atoms with E-state index in [1.807, 2.05) is 12.3 Å². The molecule has 4 heteroatoms. The Kier molecular flexibility index (Phi) is 4.76. The van der Waals surface area contributed by atoms with Crippen LogP contribution in [0.25, 0.3) is 0 Å². The fraction of sp³-hybridized carbons (Fsp3) is 0.615. The molecule has 1 unspecified atom stereocenters. The number of anilines is 1. The van der Waals surface area contributed by atoms with Crippen molar-refractivity contribution in [3.8, 4) is 0 Å². The number of rotatable bonds is 6. The lowest BCUT2D eigenvalue weighted by Gasteiger charge is -2.09. The molecule has 0 saturated carbocycles. The first-order valence-corrected chi connectivity index (χ1v) is 6.22. The molecule has 2 rings (SSSR count). The quantitative estimate of drug-likeness (QED) is 0.821. The highest BCUT2D eigenvalue weighted by Gasteiger charge is 2.15. The first-order chi connectivity index (χ1) is 8.38. The number of aromatic nitrogens is 1. The van der Waals surface area contributed by atoms with E-state index in [4.69, 9.17) is 9.47 Å². The molecule has 94 valence electrons. The highest BCUT2D eigenvalue weighted by atomic mass is 16.5. The number of hydrogen-bond donors (Lipinski definition) is 1. The zero-order valence-corrected chi connectivity index (χ0v) is 10.3. The predicted octanol–water partition coefficient (Wildman–Crippen LogP) is 2.07. The minimum atomic E-state index is 0.573. The summed E-state index contributed by atoms with van der Waals surface area (Å²) in [6, 6.07) is 4.04. The van der Waals surface area contributed by atoms with E-state index in [0.717, 1.165) is 44.2 Å². The van der Waals surface area contributed by atoms with Gasteiger partial charge in [-0.15, -0.1) is 0 Å². The minimum Gasteiger partial charge on any atom is -0.381 e. The average Bonchev–Trinajstić information content (AvgIpc) is 2.85. The van der Waals surface area contributed by atoms with Gasteiger partial charge < -0.3 is 14.8 Å². The minimum absolute atomic E-state index is 0.573. The van der Waals surface area contributed by atoms with Crippen molar-refractivity contribution in [1.29, 1.82) is 0 Å². The topological polar surface area (TPSA) is 43.4 Å². The van der Waals surface area contributed by atoms with Gasteiger partial charge in [0.1, 0.15) is 5.82 Å². The number of ether oxygens (including phenoxy) is 2. The predicted molar refractivity (Wildman–Crippen MR) is 67.0 cm³/mol. The van der Waals surface area contributed by atoms with E-state index in [0.29, 0.717) is 12.5 Å². The van der Waals surface area contributed by atoms with Gasteiger partial charge in [-0.05, 0) is 25.0 Å². The molecule has 1 saturated heterocycles. The Balaban J connectivity index is 1.70. The molecule has 1 N–H and O–H groups in total. The normalized spacial score (nSPS) is 19.5. The molecule has 17 heavy (non-hydrogen) atoms. The van der Waals surface area contributed by atoms with Gasteiger partial charge in [0.25, 0.3) is 0 Å². The molecule has 2 heterocycles. The van der Waals surface area contributed by atoms with Gasteiger partial charge in [0.2, 0.25) is 0 Å². The van der Waals surface area contributed by atoms with Gasteiger partial charge in [0, 0.05) is 25.3 Å². The van der Waals surface area contributed by atoms with E-state index in [-0.39, 0.29) is 0 Å². The van der Waals surface area contributed by atoms with E-state index < -0.39 is 0 Å². The Morgan fingerprint density at radius 3 is 3.12 bits per heavy atom. The second kappa shape index (κ2) is 6.57. The fourth-order valence-electron chi connectivity index (χ4n) is 1.85. The van der Waals surface area contributed by atoms with E-state index in [9.17, 15) is 0 Å². The monoisotopic (exact) mass is 236 g/mol. The summed E-state index contributed by atoms with van der Waals surface area (Å²) in [5, 5.41) is 3.17. The Morgan fingerprint density at radius 1 is 1.53 bits per heavy atom. The van der Waals surface area contributed by atoms with E-state index >= 15 is 0 Å². The van der Waals surface area contributed by atoms with Crippen LogP contribution in [0.3, 0.4) is 0 Å². The van der Waals surface area contributed by atoms with Crippen LogP contribution >= 0.6 is 0 Å². The lowest BCUT2D eigenvalue weighted by atomic mass is 10.1. The van der Waals surface area contributed by atoms with Crippen molar-refractivity contribution in [2.45, 2.75) is 20.0 Å². The van der Waals surface area contributed by atoms with Crippen molar-refractivity contribution in [1.82, 2.24) is 4.98 Å². The maximum Gasteiger partial charge on any atom is 0.125 e. The highest BCUT2D eigenvalue weighted by molar-refractivity contribution is 5.34. The zero-order chi connectivity index (χ0) is 11.9. The number of nitrogens with one attached hydrogen (secondary N) is 1. The maximum atomic E-state index is 5.66. The van der Waals surface area contributed by atoms with Crippen LogP contribution in [0, 0.1) is 5.92 Å². The first-order valence-electron chi connectivity index (χ1n) is 6.22. The van der Waals surface area contributed by atoms with Gasteiger partial charge in [0.05, 0.1) is 19.8 Å². The smallest absolute Gasteiger partial charge is 0.125 e. The molecule has 1 atom stereocenters. The third-order valence-corrected chi connectivity index (χ3v) is 2.83. The van der Waals surface area contributed by atoms with Crippen LogP contribution in [-0.2, 0) is 16.1 Å². The Morgan fingerprint density at radius 2 is 2.47 bits per heavy atom. The molecule has 4 nitrogen and oxygen atoms in total. The molecule has 1 aromatic heterocycles. The van der Waals surface area contributed by atoms with Gasteiger partial charge in [-0.25, -0.2) is 4.98 Å². The average molecular weight is 236 g/mol. The number of pyridine rings is 1. The van der Waals surface area contributed by atoms with Crippen molar-refractivity contribution in [3.63, 3.8) is 0 Å². The third-order valence-electron chi connectivity index (χ3n) is 2.83. The first kappa shape index (κ1) is 12.3. The van der Waals surface area contributed by atoms with Crippen LogP contribution in [-0.4, -0.2) is 31.3 Å². The van der Waals surface area contributed by atoms with Crippen LogP contribution in [0.4, 0.5) is 5.82 Å². The summed E-state index contributed by atoms with van der Waals surface area (Å²) in [5.74, 6) is 1.49. The fourth-order valence-corrected chi connectivity index (χ4v) is 1.85. The Bertz CT molecular complexity index is 321. The Hall–Kier alpha value is -1.13. The van der Waals surface area contributed by atoms with Crippen LogP contribution in [0.1, 0.15) is 18.9 Å². The zero-order valence-electron chi connectivity index (χ0n) is 10.3. The summed E-state index contributed by atoms with van der Waals surface area (Å²) in [7, 11) is 0. The molecule has 1 aliphatic heterocycles. The van der Waals surface area contributed by atoms with Crippen molar-refractivity contribution in [2.24, 2.45) is 5.92 Å². The molecule has 0 spiro atoms. The van der Waals surface area contributed by atoms with Crippen LogP contribution in [0.5, 0.6) is 0 Å². The van der Waals surface area contributed by atoms with E-state index in [2.05, 4.69) is 23.3 Å². The summed E-state index contributed by atoms with van der Waals surface area (Å²) >= 11 is 0. The second-order valence-electron chi connectivity index (χ2n) is 4.33. The van der Waals surface area contributed by atoms with Gasteiger partial charge in [-0.3, -0.25) is 0 Å². The van der Waals surface area contributed by atoms with Crippen LogP contribution in [0.2, 0.25) is 0 Å². The molecular weight excluding hydrogens is 216 g/mol. The Labute approximate surface area is 102 Å². The number of hydrogen-bond acceptors (Lipinski definition) is 4. The summed E-state index contributed by atoms with van der Waals surface area (Å²) in [5.41, 5.74) is 1.12. The highest BCUT2D eigenvalue weighted by Crippen LogP contribution is 2.13. The molecule has 1 aliphatic rings. The van der Waals surface area contributed by atoms with Crippen molar-refractivity contribution in [3.05, 3.63) is 23.9 Å². The molecular formula is C13H20N2O2. The van der Waals surface area contributed by atoms with Gasteiger partial charge >= 0.3 is 0 Å². The SMILES string of the molecule is CCNc1ccc(COCC2CCOC2)cn1. The summed E-state index contributed by atoms with van der Waals surface area (Å²) in [6.45, 7) is 6.10. The van der Waals surface area contributed by atoms with Crippen molar-refractivity contribution < 1.29 is 9.47 Å². The van der Waals surface area contributed by atoms with Crippen molar-refractivity contribution in [2.75, 3.05) is 31.7 Å². The van der Waals surface area contributed by atoms with E-state index in [1.54, 1.807) is 0 Å². The lowest BCUT2D eigenvalue weighted by molar-refractivity contribution is 0.0790. The van der Waals surface area contributed by atoms with Gasteiger partial charge in [-0.1, -0.05) is 6.07 Å². The van der Waals surface area contributed by atoms with Crippen LogP contribution < -0.4 is 5.32 Å². The molecule has 0 aromatic carbocycles. The van der Waals surface area contributed by atoms with Gasteiger partial charge in [0.15, 0.2) is 0 Å². The van der Waals surface area contributed by atoms with Crippen molar-refractivity contribution >= 4 is 5.82 Å². The molecule has 0 bridgehead atoms. The third kappa shape index (κ3) is 3.98. The number of nitrogens with zero attached hydrogens (tertiary/aromatic N) is 1. The summed E-state index contributed by atoms with van der Waals surface area (Å²) in [4.78, 5) is 4.30. The second-order valence-corrected chi connectivity index (χ2v) is 4.33. The molecule has 1 aromatic rings. The molecule has 0 radical (unpaired) electrons. The van der Waals surface area contributed by atoms with Gasteiger partial charge in [-0.2, -0.15) is 0 Å². The summed E-state index contributed by atoms with van der Waals surface area (Å²) in [6.07, 6.45) is 2.99. The molecule has 0 aliphatic carbocycles.